The number of methoxy groups -OCH3 is 1. The fourth-order valence-corrected chi connectivity index (χ4v) is 2.43. The average Bonchev–Trinajstić information content (AvgIpc) is 2.87. The number of benzene rings is 2. The van der Waals surface area contributed by atoms with Gasteiger partial charge in [-0.3, -0.25) is 0 Å². The first-order chi connectivity index (χ1) is 10.1. The van der Waals surface area contributed by atoms with Crippen molar-refractivity contribution in [3.63, 3.8) is 0 Å². The standard InChI is InChI=1S/C18H19NO2/c1-18(2)12-21-17(19-18)16-10-5-4-9-15(16)13-7-6-8-14(11-13)20-3/h4-11H,12H2,1-3H3. The van der Waals surface area contributed by atoms with E-state index in [-0.39, 0.29) is 5.54 Å². The Hall–Kier alpha value is -2.29. The molecule has 0 fully saturated rings. The van der Waals surface area contributed by atoms with Crippen molar-refractivity contribution in [2.75, 3.05) is 13.7 Å². The molecule has 0 saturated heterocycles. The smallest absolute Gasteiger partial charge is 0.217 e. The Kier molecular flexibility index (Phi) is 3.42. The summed E-state index contributed by atoms with van der Waals surface area (Å²) in [6, 6.07) is 16.2. The highest BCUT2D eigenvalue weighted by Crippen LogP contribution is 2.30. The van der Waals surface area contributed by atoms with Crippen molar-refractivity contribution in [3.05, 3.63) is 54.1 Å². The summed E-state index contributed by atoms with van der Waals surface area (Å²) in [6.07, 6.45) is 0. The third-order valence-corrected chi connectivity index (χ3v) is 3.50. The highest BCUT2D eigenvalue weighted by atomic mass is 16.5. The summed E-state index contributed by atoms with van der Waals surface area (Å²) in [5.74, 6) is 1.57. The van der Waals surface area contributed by atoms with Gasteiger partial charge in [0.15, 0.2) is 0 Å². The van der Waals surface area contributed by atoms with Crippen molar-refractivity contribution in [1.82, 2.24) is 0 Å². The third-order valence-electron chi connectivity index (χ3n) is 3.50. The summed E-state index contributed by atoms with van der Waals surface area (Å²) in [5, 5.41) is 0. The molecule has 3 heteroatoms. The van der Waals surface area contributed by atoms with E-state index < -0.39 is 0 Å². The Balaban J connectivity index is 2.08. The molecule has 3 rings (SSSR count). The normalized spacial score (nSPS) is 16.2. The Morgan fingerprint density at radius 2 is 1.81 bits per heavy atom. The molecule has 0 aromatic heterocycles. The lowest BCUT2D eigenvalue weighted by molar-refractivity contribution is 0.279. The zero-order valence-corrected chi connectivity index (χ0v) is 12.6. The number of hydrogen-bond donors (Lipinski definition) is 0. The first kappa shape index (κ1) is 13.7. The fourth-order valence-electron chi connectivity index (χ4n) is 2.43. The van der Waals surface area contributed by atoms with Gasteiger partial charge in [0.05, 0.1) is 12.6 Å². The van der Waals surface area contributed by atoms with Crippen molar-refractivity contribution in [1.29, 1.82) is 0 Å². The van der Waals surface area contributed by atoms with Crippen LogP contribution in [0.1, 0.15) is 19.4 Å². The molecular weight excluding hydrogens is 262 g/mol. The van der Waals surface area contributed by atoms with Gasteiger partial charge in [-0.1, -0.05) is 30.3 Å². The molecule has 0 spiro atoms. The van der Waals surface area contributed by atoms with Gasteiger partial charge in [0, 0.05) is 5.56 Å². The van der Waals surface area contributed by atoms with Crippen LogP contribution in [0.4, 0.5) is 0 Å². The summed E-state index contributed by atoms with van der Waals surface area (Å²) < 4.78 is 11.1. The number of ether oxygens (including phenoxy) is 2. The van der Waals surface area contributed by atoms with Crippen LogP contribution < -0.4 is 4.74 Å². The van der Waals surface area contributed by atoms with Crippen LogP contribution in [0.15, 0.2) is 53.5 Å². The molecule has 0 radical (unpaired) electrons. The van der Waals surface area contributed by atoms with E-state index in [0.29, 0.717) is 6.61 Å². The van der Waals surface area contributed by atoms with Crippen LogP contribution in [0, 0.1) is 0 Å². The molecule has 1 aliphatic rings. The number of aliphatic imine (C=N–C) groups is 1. The fraction of sp³-hybridized carbons (Fsp3) is 0.278. The van der Waals surface area contributed by atoms with Gasteiger partial charge in [-0.05, 0) is 43.2 Å². The second-order valence-electron chi connectivity index (χ2n) is 5.80. The van der Waals surface area contributed by atoms with Crippen LogP contribution in [0.3, 0.4) is 0 Å². The van der Waals surface area contributed by atoms with Gasteiger partial charge >= 0.3 is 0 Å². The minimum Gasteiger partial charge on any atom is -0.497 e. The average molecular weight is 281 g/mol. The SMILES string of the molecule is COc1cccc(-c2ccccc2C2=NC(C)(C)CO2)c1. The highest BCUT2D eigenvalue weighted by molar-refractivity contribution is 6.01. The molecule has 1 aliphatic heterocycles. The lowest BCUT2D eigenvalue weighted by atomic mass is 9.99. The quantitative estimate of drug-likeness (QED) is 0.853. The lowest BCUT2D eigenvalue weighted by Gasteiger charge is -2.10. The Morgan fingerprint density at radius 3 is 2.48 bits per heavy atom. The Morgan fingerprint density at radius 1 is 1.05 bits per heavy atom. The van der Waals surface area contributed by atoms with Gasteiger partial charge in [-0.2, -0.15) is 0 Å². The maximum absolute atomic E-state index is 5.79. The predicted molar refractivity (Wildman–Crippen MR) is 85.0 cm³/mol. The monoisotopic (exact) mass is 281 g/mol. The van der Waals surface area contributed by atoms with Crippen LogP contribution >= 0.6 is 0 Å². The summed E-state index contributed by atoms with van der Waals surface area (Å²) in [6.45, 7) is 4.77. The maximum Gasteiger partial charge on any atom is 0.217 e. The van der Waals surface area contributed by atoms with Gasteiger partial charge in [0.1, 0.15) is 12.4 Å². The first-order valence-corrected chi connectivity index (χ1v) is 7.05. The molecular formula is C18H19NO2. The van der Waals surface area contributed by atoms with Crippen molar-refractivity contribution in [2.45, 2.75) is 19.4 Å². The maximum atomic E-state index is 5.79. The Bertz CT molecular complexity index is 689. The second-order valence-corrected chi connectivity index (χ2v) is 5.80. The molecule has 1 heterocycles. The summed E-state index contributed by atoms with van der Waals surface area (Å²) in [4.78, 5) is 4.68. The molecule has 0 amide bonds. The van der Waals surface area contributed by atoms with Crippen LogP contribution in [0.2, 0.25) is 0 Å². The van der Waals surface area contributed by atoms with Crippen molar-refractivity contribution in [2.24, 2.45) is 4.99 Å². The number of rotatable bonds is 3. The van der Waals surface area contributed by atoms with Gasteiger partial charge < -0.3 is 9.47 Å². The van der Waals surface area contributed by atoms with Crippen LogP contribution in [-0.2, 0) is 4.74 Å². The summed E-state index contributed by atoms with van der Waals surface area (Å²) in [5.41, 5.74) is 3.07. The van der Waals surface area contributed by atoms with E-state index in [1.54, 1.807) is 7.11 Å². The molecule has 0 unspecified atom stereocenters. The summed E-state index contributed by atoms with van der Waals surface area (Å²) >= 11 is 0. The van der Waals surface area contributed by atoms with Gasteiger partial charge in [0.2, 0.25) is 5.90 Å². The zero-order valence-electron chi connectivity index (χ0n) is 12.6. The highest BCUT2D eigenvalue weighted by Gasteiger charge is 2.28. The minimum atomic E-state index is -0.156. The topological polar surface area (TPSA) is 30.8 Å². The van der Waals surface area contributed by atoms with Crippen molar-refractivity contribution >= 4 is 5.90 Å². The zero-order chi connectivity index (χ0) is 14.9. The molecule has 2 aromatic carbocycles. The number of hydrogen-bond acceptors (Lipinski definition) is 3. The van der Waals surface area contributed by atoms with Crippen LogP contribution in [0.25, 0.3) is 11.1 Å². The molecule has 21 heavy (non-hydrogen) atoms. The van der Waals surface area contributed by atoms with Crippen LogP contribution in [0.5, 0.6) is 5.75 Å². The molecule has 108 valence electrons. The van der Waals surface area contributed by atoms with Gasteiger partial charge in [0.25, 0.3) is 0 Å². The molecule has 0 bridgehead atoms. The van der Waals surface area contributed by atoms with Gasteiger partial charge in [-0.15, -0.1) is 0 Å². The molecule has 2 aromatic rings. The second kappa shape index (κ2) is 5.24. The van der Waals surface area contributed by atoms with Crippen LogP contribution in [-0.4, -0.2) is 25.2 Å². The Labute approximate surface area is 125 Å². The molecule has 0 atom stereocenters. The molecule has 0 N–H and O–H groups in total. The lowest BCUT2D eigenvalue weighted by Crippen LogP contribution is -2.17. The molecule has 0 aliphatic carbocycles. The van der Waals surface area contributed by atoms with Gasteiger partial charge in [-0.25, -0.2) is 4.99 Å². The number of nitrogens with zero attached hydrogens (tertiary/aromatic N) is 1. The van der Waals surface area contributed by atoms with Crippen molar-refractivity contribution in [3.8, 4) is 16.9 Å². The summed E-state index contributed by atoms with van der Waals surface area (Å²) in [7, 11) is 1.68. The van der Waals surface area contributed by atoms with E-state index in [2.05, 4.69) is 37.0 Å². The predicted octanol–water partition coefficient (Wildman–Crippen LogP) is 3.92. The van der Waals surface area contributed by atoms with E-state index in [1.165, 1.54) is 0 Å². The van der Waals surface area contributed by atoms with E-state index in [1.807, 2.05) is 30.3 Å². The first-order valence-electron chi connectivity index (χ1n) is 7.05. The van der Waals surface area contributed by atoms with E-state index in [0.717, 1.165) is 28.3 Å². The largest absolute Gasteiger partial charge is 0.497 e. The van der Waals surface area contributed by atoms with E-state index in [4.69, 9.17) is 9.47 Å². The van der Waals surface area contributed by atoms with E-state index >= 15 is 0 Å². The molecule has 0 saturated carbocycles. The third kappa shape index (κ3) is 2.77. The molecule has 3 nitrogen and oxygen atoms in total. The van der Waals surface area contributed by atoms with Crippen molar-refractivity contribution < 1.29 is 9.47 Å². The van der Waals surface area contributed by atoms with E-state index in [9.17, 15) is 0 Å². The minimum absolute atomic E-state index is 0.156.